The quantitative estimate of drug-likeness (QED) is 0.799. The van der Waals surface area contributed by atoms with Crippen LogP contribution in [0.2, 0.25) is 0 Å². The van der Waals surface area contributed by atoms with E-state index in [0.29, 0.717) is 11.9 Å². The van der Waals surface area contributed by atoms with E-state index < -0.39 is 23.8 Å². The zero-order valence-electron chi connectivity index (χ0n) is 14.8. The molecule has 1 amide bonds. The van der Waals surface area contributed by atoms with Gasteiger partial charge in [0.1, 0.15) is 6.54 Å². The maximum absolute atomic E-state index is 13.0. The second kappa shape index (κ2) is 7.98. The average Bonchev–Trinajstić information content (AvgIpc) is 2.64. The van der Waals surface area contributed by atoms with E-state index in [9.17, 15) is 22.8 Å². The van der Waals surface area contributed by atoms with Gasteiger partial charge in [-0.1, -0.05) is 37.5 Å². The van der Waals surface area contributed by atoms with E-state index in [1.54, 1.807) is 17.0 Å². The topological polar surface area (TPSA) is 42.3 Å². The number of nitrogens with zero attached hydrogens (tertiary/aromatic N) is 2. The Kier molecular flexibility index (Phi) is 5.68. The molecular weight excluding hydrogens is 357 g/mol. The molecular formula is C20H21F3N2O2. The predicted molar refractivity (Wildman–Crippen MR) is 96.5 cm³/mol. The summed E-state index contributed by atoms with van der Waals surface area (Å²) < 4.78 is 39.7. The van der Waals surface area contributed by atoms with Gasteiger partial charge in [-0.25, -0.2) is 0 Å². The first kappa shape index (κ1) is 19.2. The zero-order valence-corrected chi connectivity index (χ0v) is 14.8. The standard InChI is InChI=1S/C20H21F3N2O2/c21-20(22,23)15-11-12-18(26)24(13-15)14-19(27)25(16-7-3-1-4-8-16)17-9-5-2-6-10-17/h1,3-4,7-8,11-13,17H,2,5-6,9-10,14H2. The molecule has 0 N–H and O–H groups in total. The first-order valence-electron chi connectivity index (χ1n) is 9.01. The van der Waals surface area contributed by atoms with Gasteiger partial charge < -0.3 is 9.47 Å². The van der Waals surface area contributed by atoms with Crippen LogP contribution in [0.15, 0.2) is 53.5 Å². The maximum Gasteiger partial charge on any atom is 0.417 e. The molecule has 1 aliphatic carbocycles. The lowest BCUT2D eigenvalue weighted by molar-refractivity contribution is -0.138. The summed E-state index contributed by atoms with van der Waals surface area (Å²) >= 11 is 0. The number of amides is 1. The fourth-order valence-corrected chi connectivity index (χ4v) is 3.53. The molecule has 0 radical (unpaired) electrons. The van der Waals surface area contributed by atoms with Crippen LogP contribution >= 0.6 is 0 Å². The van der Waals surface area contributed by atoms with Crippen LogP contribution in [-0.4, -0.2) is 16.5 Å². The van der Waals surface area contributed by atoms with Crippen LogP contribution in [0.5, 0.6) is 0 Å². The van der Waals surface area contributed by atoms with Gasteiger partial charge in [-0.2, -0.15) is 13.2 Å². The Bertz CT molecular complexity index is 840. The van der Waals surface area contributed by atoms with Gasteiger partial charge in [0, 0.05) is 24.0 Å². The first-order valence-corrected chi connectivity index (χ1v) is 9.01. The highest BCUT2D eigenvalue weighted by molar-refractivity contribution is 5.93. The Morgan fingerprint density at radius 1 is 1.04 bits per heavy atom. The number of carbonyl (C=O) groups excluding carboxylic acids is 1. The highest BCUT2D eigenvalue weighted by atomic mass is 19.4. The second-order valence-electron chi connectivity index (χ2n) is 6.77. The summed E-state index contributed by atoms with van der Waals surface area (Å²) in [6, 6.07) is 10.7. The number of pyridine rings is 1. The maximum atomic E-state index is 13.0. The Hall–Kier alpha value is -2.57. The van der Waals surface area contributed by atoms with Gasteiger partial charge in [0.05, 0.1) is 5.56 Å². The van der Waals surface area contributed by atoms with Crippen LogP contribution in [0.1, 0.15) is 37.7 Å². The molecule has 1 aromatic heterocycles. The van der Waals surface area contributed by atoms with Crippen LogP contribution in [0, 0.1) is 0 Å². The highest BCUT2D eigenvalue weighted by Gasteiger charge is 2.32. The van der Waals surface area contributed by atoms with Crippen molar-refractivity contribution in [1.29, 1.82) is 0 Å². The summed E-state index contributed by atoms with van der Waals surface area (Å²) in [5, 5.41) is 0. The number of hydrogen-bond acceptors (Lipinski definition) is 2. The molecule has 1 aromatic carbocycles. The zero-order chi connectivity index (χ0) is 19.4. The molecule has 0 saturated heterocycles. The number of anilines is 1. The van der Waals surface area contributed by atoms with E-state index >= 15 is 0 Å². The number of hydrogen-bond donors (Lipinski definition) is 0. The molecule has 1 heterocycles. The third kappa shape index (κ3) is 4.59. The summed E-state index contributed by atoms with van der Waals surface area (Å²) in [4.78, 5) is 26.6. The molecule has 1 saturated carbocycles. The van der Waals surface area contributed by atoms with Gasteiger partial charge in [-0.15, -0.1) is 0 Å². The van der Waals surface area contributed by atoms with Crippen molar-refractivity contribution in [3.8, 4) is 0 Å². The molecule has 4 nitrogen and oxygen atoms in total. The van der Waals surface area contributed by atoms with Crippen molar-refractivity contribution in [3.05, 3.63) is 64.6 Å². The number of para-hydroxylation sites is 1. The molecule has 0 atom stereocenters. The van der Waals surface area contributed by atoms with E-state index in [4.69, 9.17) is 0 Å². The Labute approximate surface area is 155 Å². The third-order valence-corrected chi connectivity index (χ3v) is 4.86. The van der Waals surface area contributed by atoms with Crippen molar-refractivity contribution >= 4 is 11.6 Å². The fraction of sp³-hybridized carbons (Fsp3) is 0.400. The summed E-state index contributed by atoms with van der Waals surface area (Å²) in [6.07, 6.45) is 0.956. The molecule has 3 rings (SSSR count). The van der Waals surface area contributed by atoms with E-state index in [1.165, 1.54) is 0 Å². The van der Waals surface area contributed by atoms with E-state index in [-0.39, 0.29) is 11.9 Å². The minimum atomic E-state index is -4.57. The van der Waals surface area contributed by atoms with Crippen molar-refractivity contribution in [2.45, 2.75) is 50.9 Å². The fourth-order valence-electron chi connectivity index (χ4n) is 3.53. The van der Waals surface area contributed by atoms with Crippen LogP contribution in [-0.2, 0) is 17.5 Å². The summed E-state index contributed by atoms with van der Waals surface area (Å²) in [5.41, 5.74) is -0.874. The number of halogens is 3. The largest absolute Gasteiger partial charge is 0.417 e. The molecule has 0 bridgehead atoms. The smallest absolute Gasteiger partial charge is 0.308 e. The van der Waals surface area contributed by atoms with Gasteiger partial charge in [0.2, 0.25) is 5.91 Å². The molecule has 0 aliphatic heterocycles. The lowest BCUT2D eigenvalue weighted by atomic mass is 9.93. The number of alkyl halides is 3. The van der Waals surface area contributed by atoms with Gasteiger partial charge in [-0.05, 0) is 31.0 Å². The summed E-state index contributed by atoms with van der Waals surface area (Å²) in [7, 11) is 0. The van der Waals surface area contributed by atoms with Crippen molar-refractivity contribution in [1.82, 2.24) is 4.57 Å². The van der Waals surface area contributed by atoms with Crippen molar-refractivity contribution < 1.29 is 18.0 Å². The minimum absolute atomic E-state index is 0.00449. The molecule has 1 aliphatic rings. The van der Waals surface area contributed by atoms with Gasteiger partial charge >= 0.3 is 6.18 Å². The van der Waals surface area contributed by atoms with Gasteiger partial charge in [0.15, 0.2) is 0 Å². The van der Waals surface area contributed by atoms with E-state index in [0.717, 1.165) is 48.8 Å². The molecule has 0 unspecified atom stereocenters. The monoisotopic (exact) mass is 378 g/mol. The number of benzene rings is 1. The van der Waals surface area contributed by atoms with Crippen LogP contribution in [0.25, 0.3) is 0 Å². The van der Waals surface area contributed by atoms with Crippen LogP contribution in [0.3, 0.4) is 0 Å². The summed E-state index contributed by atoms with van der Waals surface area (Å²) in [5.74, 6) is -0.380. The number of rotatable bonds is 4. The van der Waals surface area contributed by atoms with E-state index in [2.05, 4.69) is 0 Å². The molecule has 1 fully saturated rings. The van der Waals surface area contributed by atoms with Crippen molar-refractivity contribution in [2.24, 2.45) is 0 Å². The van der Waals surface area contributed by atoms with Crippen molar-refractivity contribution in [2.75, 3.05) is 4.90 Å². The summed E-state index contributed by atoms with van der Waals surface area (Å²) in [6.45, 7) is -0.422. The van der Waals surface area contributed by atoms with Crippen molar-refractivity contribution in [3.63, 3.8) is 0 Å². The lowest BCUT2D eigenvalue weighted by Gasteiger charge is -2.34. The molecule has 27 heavy (non-hydrogen) atoms. The molecule has 2 aromatic rings. The average molecular weight is 378 g/mol. The molecule has 7 heteroatoms. The van der Waals surface area contributed by atoms with Gasteiger partial charge in [-0.3, -0.25) is 9.59 Å². The number of aromatic nitrogens is 1. The normalized spacial score (nSPS) is 15.5. The Morgan fingerprint density at radius 2 is 1.70 bits per heavy atom. The highest BCUT2D eigenvalue weighted by Crippen LogP contribution is 2.29. The van der Waals surface area contributed by atoms with Gasteiger partial charge in [0.25, 0.3) is 5.56 Å². The number of carbonyl (C=O) groups is 1. The third-order valence-electron chi connectivity index (χ3n) is 4.86. The Morgan fingerprint density at radius 3 is 2.33 bits per heavy atom. The predicted octanol–water partition coefficient (Wildman–Crippen LogP) is 4.23. The molecule has 144 valence electrons. The SMILES string of the molecule is O=C(Cn1cc(C(F)(F)F)ccc1=O)N(c1ccccc1)C1CCCCC1. The second-order valence-corrected chi connectivity index (χ2v) is 6.77. The Balaban J connectivity index is 1.90. The van der Waals surface area contributed by atoms with Crippen LogP contribution in [0.4, 0.5) is 18.9 Å². The minimum Gasteiger partial charge on any atom is -0.308 e. The first-order chi connectivity index (χ1) is 12.9. The molecule has 0 spiro atoms. The lowest BCUT2D eigenvalue weighted by Crippen LogP contribution is -2.44. The van der Waals surface area contributed by atoms with E-state index in [1.807, 2.05) is 18.2 Å². The van der Waals surface area contributed by atoms with Crippen LogP contribution < -0.4 is 10.5 Å².